The summed E-state index contributed by atoms with van der Waals surface area (Å²) >= 11 is 0. The van der Waals surface area contributed by atoms with Crippen LogP contribution in [0.3, 0.4) is 0 Å². The van der Waals surface area contributed by atoms with E-state index in [0.717, 1.165) is 17.9 Å². The minimum Gasteiger partial charge on any atom is -0.454 e. The predicted molar refractivity (Wildman–Crippen MR) is 95.7 cm³/mol. The van der Waals surface area contributed by atoms with Crippen LogP contribution in [0.5, 0.6) is 11.5 Å². The minimum absolute atomic E-state index is 0.164. The van der Waals surface area contributed by atoms with E-state index in [2.05, 4.69) is 5.32 Å². The first-order valence-corrected chi connectivity index (χ1v) is 8.49. The number of benzene rings is 1. The van der Waals surface area contributed by atoms with Crippen molar-refractivity contribution in [3.63, 3.8) is 0 Å². The second-order valence-electron chi connectivity index (χ2n) is 6.13. The first-order valence-electron chi connectivity index (χ1n) is 8.49. The van der Waals surface area contributed by atoms with Gasteiger partial charge in [-0.3, -0.25) is 4.79 Å². The molecule has 0 fully saturated rings. The van der Waals surface area contributed by atoms with E-state index < -0.39 is 18.0 Å². The Kier molecular flexibility index (Phi) is 4.88. The summed E-state index contributed by atoms with van der Waals surface area (Å²) in [5.74, 6) is 0.279. The van der Waals surface area contributed by atoms with E-state index >= 15 is 0 Å². The highest BCUT2D eigenvalue weighted by Crippen LogP contribution is 2.34. The van der Waals surface area contributed by atoms with Gasteiger partial charge < -0.3 is 24.1 Å². The molecule has 1 aromatic carbocycles. The van der Waals surface area contributed by atoms with Crippen LogP contribution in [0.25, 0.3) is 0 Å². The molecular weight excluding hydrogens is 336 g/mol. The van der Waals surface area contributed by atoms with Crippen molar-refractivity contribution in [1.82, 2.24) is 4.57 Å². The third-order valence-corrected chi connectivity index (χ3v) is 4.40. The highest BCUT2D eigenvalue weighted by molar-refractivity contribution is 5.98. The molecule has 7 nitrogen and oxygen atoms in total. The van der Waals surface area contributed by atoms with Crippen LogP contribution >= 0.6 is 0 Å². The molecule has 1 unspecified atom stereocenters. The van der Waals surface area contributed by atoms with E-state index in [4.69, 9.17) is 14.2 Å². The first kappa shape index (κ1) is 17.8. The van der Waals surface area contributed by atoms with Gasteiger partial charge in [0.15, 0.2) is 17.6 Å². The molecule has 1 atom stereocenters. The Balaban J connectivity index is 1.65. The fraction of sp³-hybridized carbons (Fsp3) is 0.368. The van der Waals surface area contributed by atoms with Crippen LogP contribution in [-0.4, -0.2) is 29.3 Å². The van der Waals surface area contributed by atoms with Gasteiger partial charge in [0.2, 0.25) is 6.79 Å². The summed E-state index contributed by atoms with van der Waals surface area (Å²) in [5.41, 5.74) is 2.84. The summed E-state index contributed by atoms with van der Waals surface area (Å²) in [6.07, 6.45) is -0.933. The van der Waals surface area contributed by atoms with Gasteiger partial charge in [0.1, 0.15) is 0 Å². The number of carbonyl (C=O) groups is 2. The lowest BCUT2D eigenvalue weighted by atomic mass is 10.2. The maximum atomic E-state index is 12.4. The number of amides is 1. The molecule has 0 radical (unpaired) electrons. The van der Waals surface area contributed by atoms with E-state index in [1.54, 1.807) is 31.2 Å². The number of rotatable bonds is 5. The number of aromatic nitrogens is 1. The molecule has 7 heteroatoms. The summed E-state index contributed by atoms with van der Waals surface area (Å²) in [6, 6.07) is 6.87. The maximum Gasteiger partial charge on any atom is 0.340 e. The monoisotopic (exact) mass is 358 g/mol. The van der Waals surface area contributed by atoms with Gasteiger partial charge in [0.25, 0.3) is 5.91 Å². The number of ether oxygens (including phenoxy) is 3. The van der Waals surface area contributed by atoms with Crippen LogP contribution in [0.15, 0.2) is 24.3 Å². The summed E-state index contributed by atoms with van der Waals surface area (Å²) in [5, 5.41) is 2.71. The molecule has 0 saturated carbocycles. The molecule has 0 bridgehead atoms. The highest BCUT2D eigenvalue weighted by Gasteiger charge is 2.23. The molecule has 1 aromatic heterocycles. The molecule has 2 heterocycles. The Bertz CT molecular complexity index is 856. The van der Waals surface area contributed by atoms with Gasteiger partial charge in [-0.1, -0.05) is 0 Å². The van der Waals surface area contributed by atoms with Gasteiger partial charge in [-0.15, -0.1) is 0 Å². The molecule has 0 aliphatic carbocycles. The van der Waals surface area contributed by atoms with Crippen LogP contribution < -0.4 is 14.8 Å². The largest absolute Gasteiger partial charge is 0.454 e. The minimum atomic E-state index is -0.933. The average Bonchev–Trinajstić information content (AvgIpc) is 3.18. The van der Waals surface area contributed by atoms with Crippen molar-refractivity contribution in [3.05, 3.63) is 41.2 Å². The number of aryl methyl sites for hydroxylation is 1. The predicted octanol–water partition coefficient (Wildman–Crippen LogP) is 3.04. The van der Waals surface area contributed by atoms with Gasteiger partial charge in [-0.2, -0.15) is 0 Å². The molecule has 1 amide bonds. The smallest absolute Gasteiger partial charge is 0.340 e. The molecule has 0 spiro atoms. The number of anilines is 1. The van der Waals surface area contributed by atoms with Gasteiger partial charge in [-0.25, -0.2) is 4.79 Å². The normalized spacial score (nSPS) is 13.4. The van der Waals surface area contributed by atoms with E-state index in [9.17, 15) is 9.59 Å². The number of nitrogens with zero attached hydrogens (tertiary/aromatic N) is 1. The first-order chi connectivity index (χ1) is 12.4. The van der Waals surface area contributed by atoms with Crippen LogP contribution in [0, 0.1) is 13.8 Å². The Hall–Kier alpha value is -2.96. The Labute approximate surface area is 151 Å². The third-order valence-electron chi connectivity index (χ3n) is 4.40. The van der Waals surface area contributed by atoms with Crippen molar-refractivity contribution in [2.45, 2.75) is 40.3 Å². The number of hydrogen-bond acceptors (Lipinski definition) is 5. The zero-order chi connectivity index (χ0) is 18.8. The molecule has 2 aromatic rings. The quantitative estimate of drug-likeness (QED) is 0.831. The SMILES string of the molecule is CCn1c(C)cc(C(=O)OC(C)C(=O)Nc2ccc3c(c2)OCO3)c1C. The van der Waals surface area contributed by atoms with Crippen molar-refractivity contribution in [2.24, 2.45) is 0 Å². The number of carbonyl (C=O) groups excluding carboxylic acids is 2. The third kappa shape index (κ3) is 3.37. The van der Waals surface area contributed by atoms with Crippen molar-refractivity contribution < 1.29 is 23.8 Å². The Morgan fingerprint density at radius 2 is 1.96 bits per heavy atom. The molecule has 138 valence electrons. The lowest BCUT2D eigenvalue weighted by Crippen LogP contribution is -2.30. The average molecular weight is 358 g/mol. The zero-order valence-corrected chi connectivity index (χ0v) is 15.3. The van der Waals surface area contributed by atoms with Gasteiger partial charge in [0, 0.05) is 29.7 Å². The van der Waals surface area contributed by atoms with Crippen molar-refractivity contribution in [1.29, 1.82) is 0 Å². The van der Waals surface area contributed by atoms with Crippen molar-refractivity contribution in [2.75, 3.05) is 12.1 Å². The molecule has 0 saturated heterocycles. The second kappa shape index (κ2) is 7.11. The summed E-state index contributed by atoms with van der Waals surface area (Å²) in [7, 11) is 0. The molecule has 3 rings (SSSR count). The zero-order valence-electron chi connectivity index (χ0n) is 15.3. The Morgan fingerprint density at radius 3 is 2.65 bits per heavy atom. The number of fused-ring (bicyclic) bond motifs is 1. The van der Waals surface area contributed by atoms with Crippen LogP contribution in [0.4, 0.5) is 5.69 Å². The van der Waals surface area contributed by atoms with Crippen LogP contribution in [-0.2, 0) is 16.1 Å². The lowest BCUT2D eigenvalue weighted by Gasteiger charge is -2.14. The van der Waals surface area contributed by atoms with E-state index in [0.29, 0.717) is 22.7 Å². The standard InChI is InChI=1S/C19H22N2O5/c1-5-21-11(2)8-15(12(21)3)19(23)26-13(4)18(22)20-14-6-7-16-17(9-14)25-10-24-16/h6-9,13H,5,10H2,1-4H3,(H,20,22). The molecule has 26 heavy (non-hydrogen) atoms. The molecule has 1 N–H and O–H groups in total. The van der Waals surface area contributed by atoms with E-state index in [1.165, 1.54) is 0 Å². The lowest BCUT2D eigenvalue weighted by molar-refractivity contribution is -0.123. The number of nitrogens with one attached hydrogen (secondary N) is 1. The molecule has 1 aliphatic rings. The fourth-order valence-corrected chi connectivity index (χ4v) is 2.99. The van der Waals surface area contributed by atoms with Gasteiger partial charge in [-0.05, 0) is 45.9 Å². The van der Waals surface area contributed by atoms with E-state index in [1.807, 2.05) is 25.3 Å². The van der Waals surface area contributed by atoms with Gasteiger partial charge in [0.05, 0.1) is 5.56 Å². The van der Waals surface area contributed by atoms with Crippen molar-refractivity contribution >= 4 is 17.6 Å². The second-order valence-corrected chi connectivity index (χ2v) is 6.13. The van der Waals surface area contributed by atoms with Crippen LogP contribution in [0.1, 0.15) is 35.6 Å². The summed E-state index contributed by atoms with van der Waals surface area (Å²) in [4.78, 5) is 24.7. The van der Waals surface area contributed by atoms with Gasteiger partial charge >= 0.3 is 5.97 Å². The molecular formula is C19H22N2O5. The summed E-state index contributed by atoms with van der Waals surface area (Å²) in [6.45, 7) is 8.28. The van der Waals surface area contributed by atoms with Crippen LogP contribution in [0.2, 0.25) is 0 Å². The fourth-order valence-electron chi connectivity index (χ4n) is 2.99. The number of esters is 1. The van der Waals surface area contributed by atoms with E-state index in [-0.39, 0.29) is 6.79 Å². The Morgan fingerprint density at radius 1 is 1.23 bits per heavy atom. The topological polar surface area (TPSA) is 78.8 Å². The molecule has 1 aliphatic heterocycles. The number of hydrogen-bond donors (Lipinski definition) is 1. The summed E-state index contributed by atoms with van der Waals surface area (Å²) < 4.78 is 17.9. The van der Waals surface area contributed by atoms with Crippen molar-refractivity contribution in [3.8, 4) is 11.5 Å². The maximum absolute atomic E-state index is 12.4. The highest BCUT2D eigenvalue weighted by atomic mass is 16.7.